The lowest BCUT2D eigenvalue weighted by atomic mass is 10.1. The molecular formula is C15H14BrF2NO. The van der Waals surface area contributed by atoms with Gasteiger partial charge in [0.1, 0.15) is 24.0 Å². The summed E-state index contributed by atoms with van der Waals surface area (Å²) in [6, 6.07) is 8.26. The average molecular weight is 342 g/mol. The number of ether oxygens (including phenoxy) is 1. The summed E-state index contributed by atoms with van der Waals surface area (Å²) in [7, 11) is 0. The van der Waals surface area contributed by atoms with E-state index in [1.54, 1.807) is 19.1 Å². The van der Waals surface area contributed by atoms with Crippen molar-refractivity contribution < 1.29 is 13.5 Å². The molecule has 0 fully saturated rings. The van der Waals surface area contributed by atoms with Gasteiger partial charge in [-0.1, -0.05) is 22.0 Å². The third-order valence-corrected chi connectivity index (χ3v) is 3.60. The molecule has 2 N–H and O–H groups in total. The number of hydrogen-bond acceptors (Lipinski definition) is 2. The highest BCUT2D eigenvalue weighted by atomic mass is 79.9. The highest BCUT2D eigenvalue weighted by molar-refractivity contribution is 9.10. The van der Waals surface area contributed by atoms with Crippen LogP contribution in [0, 0.1) is 11.6 Å². The Morgan fingerprint density at radius 1 is 1.15 bits per heavy atom. The second-order valence-electron chi connectivity index (χ2n) is 4.50. The van der Waals surface area contributed by atoms with Crippen LogP contribution in [0.4, 0.5) is 8.78 Å². The first-order chi connectivity index (χ1) is 9.47. The van der Waals surface area contributed by atoms with E-state index in [0.29, 0.717) is 15.8 Å². The molecule has 0 radical (unpaired) electrons. The van der Waals surface area contributed by atoms with E-state index < -0.39 is 0 Å². The predicted molar refractivity (Wildman–Crippen MR) is 77.4 cm³/mol. The monoisotopic (exact) mass is 341 g/mol. The van der Waals surface area contributed by atoms with Crippen molar-refractivity contribution in [3.63, 3.8) is 0 Å². The molecule has 1 atom stereocenters. The van der Waals surface area contributed by atoms with Crippen LogP contribution in [-0.2, 0) is 6.61 Å². The maximum absolute atomic E-state index is 13.2. The van der Waals surface area contributed by atoms with Gasteiger partial charge in [-0.2, -0.15) is 0 Å². The highest BCUT2D eigenvalue weighted by Gasteiger charge is 2.10. The van der Waals surface area contributed by atoms with Gasteiger partial charge in [-0.15, -0.1) is 0 Å². The Morgan fingerprint density at radius 3 is 2.45 bits per heavy atom. The molecule has 2 aromatic carbocycles. The SMILES string of the molecule is C[C@@H](N)c1cc(F)ccc1OCc1ccc(F)cc1Br. The van der Waals surface area contributed by atoms with E-state index in [0.717, 1.165) is 5.56 Å². The molecular weight excluding hydrogens is 328 g/mol. The smallest absolute Gasteiger partial charge is 0.124 e. The molecule has 0 aromatic heterocycles. The minimum Gasteiger partial charge on any atom is -0.489 e. The molecule has 0 spiro atoms. The minimum atomic E-state index is -0.354. The van der Waals surface area contributed by atoms with Gasteiger partial charge >= 0.3 is 0 Å². The van der Waals surface area contributed by atoms with Crippen LogP contribution in [0.25, 0.3) is 0 Å². The Balaban J connectivity index is 2.18. The second-order valence-corrected chi connectivity index (χ2v) is 5.35. The van der Waals surface area contributed by atoms with Crippen LogP contribution >= 0.6 is 15.9 Å². The normalized spacial score (nSPS) is 12.2. The van der Waals surface area contributed by atoms with Crippen molar-refractivity contribution in [1.82, 2.24) is 0 Å². The zero-order chi connectivity index (χ0) is 14.7. The third-order valence-electron chi connectivity index (χ3n) is 2.86. The van der Waals surface area contributed by atoms with Gasteiger partial charge in [0.2, 0.25) is 0 Å². The van der Waals surface area contributed by atoms with Crippen molar-refractivity contribution in [2.45, 2.75) is 19.6 Å². The summed E-state index contributed by atoms with van der Waals surface area (Å²) >= 11 is 3.28. The van der Waals surface area contributed by atoms with Gasteiger partial charge in [0.05, 0.1) is 0 Å². The van der Waals surface area contributed by atoms with Crippen LogP contribution in [0.3, 0.4) is 0 Å². The first-order valence-corrected chi connectivity index (χ1v) is 6.88. The summed E-state index contributed by atoms with van der Waals surface area (Å²) in [6.07, 6.45) is 0. The van der Waals surface area contributed by atoms with Crippen LogP contribution in [0.1, 0.15) is 24.1 Å². The van der Waals surface area contributed by atoms with Crippen LogP contribution in [0.2, 0.25) is 0 Å². The van der Waals surface area contributed by atoms with Crippen LogP contribution in [0.15, 0.2) is 40.9 Å². The Hall–Kier alpha value is -1.46. The number of halogens is 3. The number of hydrogen-bond donors (Lipinski definition) is 1. The van der Waals surface area contributed by atoms with Gasteiger partial charge in [0, 0.05) is 21.6 Å². The molecule has 0 bridgehead atoms. The first-order valence-electron chi connectivity index (χ1n) is 6.09. The van der Waals surface area contributed by atoms with E-state index in [9.17, 15) is 8.78 Å². The Kier molecular flexibility index (Phi) is 4.73. The number of benzene rings is 2. The van der Waals surface area contributed by atoms with Crippen LogP contribution < -0.4 is 10.5 Å². The molecule has 106 valence electrons. The maximum atomic E-state index is 13.2. The third kappa shape index (κ3) is 3.55. The van der Waals surface area contributed by atoms with Gasteiger partial charge in [0.25, 0.3) is 0 Å². The van der Waals surface area contributed by atoms with Crippen LogP contribution in [0.5, 0.6) is 5.75 Å². The lowest BCUT2D eigenvalue weighted by Crippen LogP contribution is -2.08. The second kappa shape index (κ2) is 6.33. The molecule has 0 amide bonds. The molecule has 2 nitrogen and oxygen atoms in total. The van der Waals surface area contributed by atoms with Crippen molar-refractivity contribution in [2.75, 3.05) is 0 Å². The summed E-state index contributed by atoms with van der Waals surface area (Å²) in [5.41, 5.74) is 7.19. The molecule has 0 aliphatic heterocycles. The fourth-order valence-electron chi connectivity index (χ4n) is 1.80. The molecule has 0 heterocycles. The van der Waals surface area contributed by atoms with Gasteiger partial charge in [-0.05, 0) is 37.3 Å². The van der Waals surface area contributed by atoms with E-state index in [-0.39, 0.29) is 24.3 Å². The molecule has 0 aliphatic rings. The van der Waals surface area contributed by atoms with Crippen LogP contribution in [-0.4, -0.2) is 0 Å². The van der Waals surface area contributed by atoms with Gasteiger partial charge < -0.3 is 10.5 Å². The fraction of sp³-hybridized carbons (Fsp3) is 0.200. The van der Waals surface area contributed by atoms with E-state index >= 15 is 0 Å². The topological polar surface area (TPSA) is 35.2 Å². The molecule has 0 unspecified atom stereocenters. The molecule has 0 saturated carbocycles. The Bertz CT molecular complexity index is 617. The van der Waals surface area contributed by atoms with E-state index in [2.05, 4.69) is 15.9 Å². The maximum Gasteiger partial charge on any atom is 0.124 e. The summed E-state index contributed by atoms with van der Waals surface area (Å²) in [5.74, 6) is -0.149. The average Bonchev–Trinajstić information content (AvgIpc) is 2.38. The van der Waals surface area contributed by atoms with Gasteiger partial charge in [-0.25, -0.2) is 8.78 Å². The predicted octanol–water partition coefficient (Wildman–Crippen LogP) is 4.33. The number of nitrogens with two attached hydrogens (primary N) is 1. The summed E-state index contributed by atoms with van der Waals surface area (Å²) < 4.78 is 32.5. The molecule has 20 heavy (non-hydrogen) atoms. The fourth-order valence-corrected chi connectivity index (χ4v) is 2.27. The van der Waals surface area contributed by atoms with Gasteiger partial charge in [0.15, 0.2) is 0 Å². The van der Waals surface area contributed by atoms with Crippen molar-refractivity contribution in [3.8, 4) is 5.75 Å². The van der Waals surface area contributed by atoms with Crippen molar-refractivity contribution in [1.29, 1.82) is 0 Å². The zero-order valence-corrected chi connectivity index (χ0v) is 12.5. The highest BCUT2D eigenvalue weighted by Crippen LogP contribution is 2.27. The molecule has 2 aromatic rings. The van der Waals surface area contributed by atoms with E-state index in [4.69, 9.17) is 10.5 Å². The largest absolute Gasteiger partial charge is 0.489 e. The minimum absolute atomic E-state index is 0.242. The van der Waals surface area contributed by atoms with E-state index in [1.807, 2.05) is 0 Å². The first kappa shape index (κ1) is 14.9. The number of rotatable bonds is 4. The molecule has 0 aliphatic carbocycles. The molecule has 0 saturated heterocycles. The standard InChI is InChI=1S/C15H14BrF2NO/c1-9(19)13-6-11(17)4-5-15(13)20-8-10-2-3-12(18)7-14(10)16/h2-7,9H,8,19H2,1H3/t9-/m1/s1. The molecule has 5 heteroatoms. The quantitative estimate of drug-likeness (QED) is 0.898. The Labute approximate surface area is 124 Å². The van der Waals surface area contributed by atoms with Crippen molar-refractivity contribution >= 4 is 15.9 Å². The summed E-state index contributed by atoms with van der Waals surface area (Å²) in [4.78, 5) is 0. The van der Waals surface area contributed by atoms with Crippen molar-refractivity contribution in [3.05, 3.63) is 63.6 Å². The van der Waals surface area contributed by atoms with E-state index in [1.165, 1.54) is 24.3 Å². The summed E-state index contributed by atoms with van der Waals surface area (Å²) in [5, 5.41) is 0. The van der Waals surface area contributed by atoms with Crippen molar-refractivity contribution in [2.24, 2.45) is 5.73 Å². The lowest BCUT2D eigenvalue weighted by Gasteiger charge is -2.14. The summed E-state index contributed by atoms with van der Waals surface area (Å²) in [6.45, 7) is 2.00. The zero-order valence-electron chi connectivity index (χ0n) is 10.9. The Morgan fingerprint density at radius 2 is 1.80 bits per heavy atom. The van der Waals surface area contributed by atoms with Gasteiger partial charge in [-0.3, -0.25) is 0 Å². The molecule has 2 rings (SSSR count). The lowest BCUT2D eigenvalue weighted by molar-refractivity contribution is 0.300.